The van der Waals surface area contributed by atoms with Crippen molar-refractivity contribution < 1.29 is 14.3 Å². The van der Waals surface area contributed by atoms with Crippen LogP contribution in [0, 0.1) is 24.6 Å². The Bertz CT molecular complexity index is 703. The smallest absolute Gasteiger partial charge is 0.269 e. The first-order chi connectivity index (χ1) is 9.61. The largest absolute Gasteiger partial charge is 0.384 e. The Morgan fingerprint density at radius 1 is 1.55 bits per heavy atom. The molecule has 0 aliphatic rings. The van der Waals surface area contributed by atoms with Crippen LogP contribution >= 0.6 is 11.5 Å². The molecule has 0 saturated heterocycles. The zero-order valence-electron chi connectivity index (χ0n) is 10.5. The van der Waals surface area contributed by atoms with Crippen LogP contribution in [0.25, 0.3) is 0 Å². The second kappa shape index (κ2) is 6.23. The maximum absolute atomic E-state index is 13.5. The minimum atomic E-state index is -0.514. The van der Waals surface area contributed by atoms with Crippen LogP contribution in [0.5, 0.6) is 0 Å². The van der Waals surface area contributed by atoms with Gasteiger partial charge in [-0.1, -0.05) is 16.3 Å². The van der Waals surface area contributed by atoms with E-state index in [1.54, 1.807) is 6.92 Å². The number of aliphatic hydroxyl groups is 1. The number of hydrogen-bond donors (Lipinski definition) is 2. The zero-order valence-corrected chi connectivity index (χ0v) is 11.3. The molecule has 0 unspecified atom stereocenters. The second-order valence-corrected chi connectivity index (χ2v) is 4.55. The number of aryl methyl sites for hydroxylation is 1. The number of carbonyl (C=O) groups excluding carboxylic acids is 1. The molecule has 1 aromatic carbocycles. The molecular weight excluding hydrogens is 281 g/mol. The Hall–Kier alpha value is -2.30. The molecule has 1 aromatic heterocycles. The molecule has 0 bridgehead atoms. The lowest BCUT2D eigenvalue weighted by Crippen LogP contribution is -2.11. The Balaban J connectivity index is 2.22. The van der Waals surface area contributed by atoms with Crippen LogP contribution in [-0.4, -0.2) is 27.2 Å². The van der Waals surface area contributed by atoms with Crippen molar-refractivity contribution in [2.24, 2.45) is 0 Å². The van der Waals surface area contributed by atoms with Crippen molar-refractivity contribution in [1.29, 1.82) is 0 Å². The maximum atomic E-state index is 13.5. The molecule has 0 spiro atoms. The van der Waals surface area contributed by atoms with E-state index in [1.807, 2.05) is 0 Å². The van der Waals surface area contributed by atoms with Crippen LogP contribution in [-0.2, 0) is 0 Å². The molecule has 102 valence electrons. The summed E-state index contributed by atoms with van der Waals surface area (Å²) >= 11 is 0.990. The van der Waals surface area contributed by atoms with Crippen LogP contribution in [0.1, 0.15) is 20.9 Å². The molecule has 2 N–H and O–H groups in total. The molecule has 0 aliphatic heterocycles. The predicted molar refractivity (Wildman–Crippen MR) is 73.0 cm³/mol. The van der Waals surface area contributed by atoms with Gasteiger partial charge in [-0.25, -0.2) is 4.39 Å². The summed E-state index contributed by atoms with van der Waals surface area (Å²) in [6, 6.07) is 4.04. The summed E-state index contributed by atoms with van der Waals surface area (Å²) in [7, 11) is 0. The first-order valence-corrected chi connectivity index (χ1v) is 6.38. The van der Waals surface area contributed by atoms with Gasteiger partial charge in [0.15, 0.2) is 0 Å². The minimum absolute atomic E-state index is 0.107. The standard InChI is InChI=1S/C13H10FN3O2S/c1-8-12(20-17-16-8)13(19)15-10-4-5-11(14)9(7-10)3-2-6-18/h4-5,7,18H,6H2,1H3,(H,15,19). The SMILES string of the molecule is Cc1nnsc1C(=O)Nc1ccc(F)c(C#CCO)c1. The maximum Gasteiger partial charge on any atom is 0.269 e. The van der Waals surface area contributed by atoms with Gasteiger partial charge >= 0.3 is 0 Å². The predicted octanol–water partition coefficient (Wildman–Crippen LogP) is 1.58. The summed E-state index contributed by atoms with van der Waals surface area (Å²) in [6.07, 6.45) is 0. The minimum Gasteiger partial charge on any atom is -0.384 e. The van der Waals surface area contributed by atoms with E-state index in [1.165, 1.54) is 18.2 Å². The number of aromatic nitrogens is 2. The van der Waals surface area contributed by atoms with Gasteiger partial charge in [-0.3, -0.25) is 4.79 Å². The number of aliphatic hydroxyl groups excluding tert-OH is 1. The van der Waals surface area contributed by atoms with Crippen molar-refractivity contribution in [3.05, 3.63) is 40.2 Å². The van der Waals surface area contributed by atoms with Gasteiger partial charge in [-0.15, -0.1) is 5.10 Å². The molecule has 20 heavy (non-hydrogen) atoms. The first kappa shape index (κ1) is 14.1. The molecule has 0 fully saturated rings. The first-order valence-electron chi connectivity index (χ1n) is 5.61. The quantitative estimate of drug-likeness (QED) is 0.824. The number of rotatable bonds is 2. The second-order valence-electron chi connectivity index (χ2n) is 3.80. The van der Waals surface area contributed by atoms with Crippen molar-refractivity contribution in [3.8, 4) is 11.8 Å². The van der Waals surface area contributed by atoms with Crippen molar-refractivity contribution in [2.75, 3.05) is 11.9 Å². The molecular formula is C13H10FN3O2S. The molecule has 0 radical (unpaired) electrons. The summed E-state index contributed by atoms with van der Waals surface area (Å²) < 4.78 is 17.1. The van der Waals surface area contributed by atoms with Gasteiger partial charge in [-0.2, -0.15) is 0 Å². The highest BCUT2D eigenvalue weighted by atomic mass is 32.1. The Kier molecular flexibility index (Phi) is 4.40. The van der Waals surface area contributed by atoms with E-state index >= 15 is 0 Å². The summed E-state index contributed by atoms with van der Waals surface area (Å²) in [4.78, 5) is 12.4. The lowest BCUT2D eigenvalue weighted by molar-refractivity contribution is 0.103. The van der Waals surface area contributed by atoms with Crippen LogP contribution in [0.2, 0.25) is 0 Å². The third-order valence-electron chi connectivity index (χ3n) is 2.38. The molecule has 0 atom stereocenters. The van der Waals surface area contributed by atoms with E-state index < -0.39 is 5.82 Å². The number of carbonyl (C=O) groups is 1. The number of hydrogen-bond acceptors (Lipinski definition) is 5. The van der Waals surface area contributed by atoms with Crippen molar-refractivity contribution in [3.63, 3.8) is 0 Å². The Labute approximate surface area is 118 Å². The van der Waals surface area contributed by atoms with E-state index in [9.17, 15) is 9.18 Å². The van der Waals surface area contributed by atoms with Crippen LogP contribution in [0.4, 0.5) is 10.1 Å². The lowest BCUT2D eigenvalue weighted by Gasteiger charge is -2.04. The highest BCUT2D eigenvalue weighted by Crippen LogP contribution is 2.17. The van der Waals surface area contributed by atoms with Crippen molar-refractivity contribution in [1.82, 2.24) is 9.59 Å². The van der Waals surface area contributed by atoms with Gasteiger partial charge in [0.2, 0.25) is 0 Å². The van der Waals surface area contributed by atoms with Gasteiger partial charge in [0.25, 0.3) is 5.91 Å². The van der Waals surface area contributed by atoms with E-state index in [0.717, 1.165) is 11.5 Å². The van der Waals surface area contributed by atoms with E-state index in [-0.39, 0.29) is 18.1 Å². The highest BCUT2D eigenvalue weighted by Gasteiger charge is 2.13. The molecule has 0 aliphatic carbocycles. The normalized spacial score (nSPS) is 9.75. The molecule has 2 rings (SSSR count). The fourth-order valence-corrected chi connectivity index (χ4v) is 2.01. The lowest BCUT2D eigenvalue weighted by atomic mass is 10.2. The van der Waals surface area contributed by atoms with Crippen LogP contribution in [0.15, 0.2) is 18.2 Å². The fourth-order valence-electron chi connectivity index (χ4n) is 1.46. The molecule has 1 heterocycles. The Morgan fingerprint density at radius 3 is 3.00 bits per heavy atom. The van der Waals surface area contributed by atoms with E-state index in [0.29, 0.717) is 16.3 Å². The Morgan fingerprint density at radius 2 is 2.35 bits per heavy atom. The molecule has 0 saturated carbocycles. The number of amides is 1. The molecule has 7 heteroatoms. The van der Waals surface area contributed by atoms with Gasteiger partial charge in [0, 0.05) is 5.69 Å². The fraction of sp³-hybridized carbons (Fsp3) is 0.154. The third kappa shape index (κ3) is 3.17. The van der Waals surface area contributed by atoms with Crippen LogP contribution in [0.3, 0.4) is 0 Å². The summed E-state index contributed by atoms with van der Waals surface area (Å²) in [5.74, 6) is 3.96. The third-order valence-corrected chi connectivity index (χ3v) is 3.21. The number of anilines is 1. The number of nitrogens with zero attached hydrogens (tertiary/aromatic N) is 2. The molecule has 5 nitrogen and oxygen atoms in total. The number of benzene rings is 1. The number of nitrogens with one attached hydrogen (secondary N) is 1. The van der Waals surface area contributed by atoms with Gasteiger partial charge in [-0.05, 0) is 36.7 Å². The monoisotopic (exact) mass is 291 g/mol. The van der Waals surface area contributed by atoms with Crippen LogP contribution < -0.4 is 5.32 Å². The summed E-state index contributed by atoms with van der Waals surface area (Å²) in [5.41, 5.74) is 1.05. The van der Waals surface area contributed by atoms with E-state index in [4.69, 9.17) is 5.11 Å². The average molecular weight is 291 g/mol. The zero-order chi connectivity index (χ0) is 14.5. The summed E-state index contributed by atoms with van der Waals surface area (Å²) in [6.45, 7) is 1.32. The van der Waals surface area contributed by atoms with Gasteiger partial charge in [0.05, 0.1) is 11.3 Å². The topological polar surface area (TPSA) is 75.1 Å². The molecule has 2 aromatic rings. The highest BCUT2D eigenvalue weighted by molar-refractivity contribution is 7.08. The van der Waals surface area contributed by atoms with Crippen molar-refractivity contribution >= 4 is 23.1 Å². The molecule has 1 amide bonds. The van der Waals surface area contributed by atoms with Crippen molar-refractivity contribution in [2.45, 2.75) is 6.92 Å². The summed E-state index contributed by atoms with van der Waals surface area (Å²) in [5, 5.41) is 15.0. The average Bonchev–Trinajstić information content (AvgIpc) is 2.85. The van der Waals surface area contributed by atoms with Gasteiger partial charge < -0.3 is 10.4 Å². The van der Waals surface area contributed by atoms with Gasteiger partial charge in [0.1, 0.15) is 17.3 Å². The number of halogens is 1. The van der Waals surface area contributed by atoms with E-state index in [2.05, 4.69) is 26.7 Å².